The maximum absolute atomic E-state index is 5.34. The van der Waals surface area contributed by atoms with E-state index in [1.807, 2.05) is 0 Å². The molecular weight excluding hydrogens is 488 g/mol. The van der Waals surface area contributed by atoms with Gasteiger partial charge in [-0.2, -0.15) is 0 Å². The van der Waals surface area contributed by atoms with Crippen LogP contribution in [-0.2, 0) is 0 Å². The second-order valence-corrected chi connectivity index (χ2v) is 10.6. The zero-order chi connectivity index (χ0) is 25.9. The molecule has 0 spiro atoms. The number of pyridine rings is 2. The van der Waals surface area contributed by atoms with Gasteiger partial charge in [0.05, 0.1) is 33.1 Å². The molecule has 1 aliphatic carbocycles. The van der Waals surface area contributed by atoms with Crippen LogP contribution in [0.15, 0.2) is 121 Å². The third-order valence-corrected chi connectivity index (χ3v) is 8.61. The van der Waals surface area contributed by atoms with Crippen molar-refractivity contribution in [3.8, 4) is 28.1 Å². The van der Waals surface area contributed by atoms with Crippen LogP contribution in [0.2, 0.25) is 0 Å². The predicted molar refractivity (Wildman–Crippen MR) is 164 cm³/mol. The number of nitrogens with zero attached hydrogens (tertiary/aromatic N) is 4. The molecular formula is C36H20N4. The Morgan fingerprint density at radius 1 is 0.450 bits per heavy atom. The van der Waals surface area contributed by atoms with Gasteiger partial charge >= 0.3 is 0 Å². The van der Waals surface area contributed by atoms with Crippen molar-refractivity contribution in [1.82, 2.24) is 18.9 Å². The van der Waals surface area contributed by atoms with Gasteiger partial charge in [-0.3, -0.25) is 8.97 Å². The van der Waals surface area contributed by atoms with Gasteiger partial charge in [0.15, 0.2) is 0 Å². The third-order valence-electron chi connectivity index (χ3n) is 8.61. The van der Waals surface area contributed by atoms with E-state index in [9.17, 15) is 0 Å². The highest BCUT2D eigenvalue weighted by Gasteiger charge is 2.25. The minimum Gasteiger partial charge on any atom is -0.292 e. The standard InChI is InChI=1S/C36H20N4/c1-2-11-22-21(10-1)23-15-9-17-29-33(23)27(22)20-32(37-29)39-30-18-7-5-14-26(30)35-34(39)24-12-3-4-13-25(24)36-38-28-16-6-8-19-31(28)40(35)36/h1-20H. The fourth-order valence-electron chi connectivity index (χ4n) is 7.03. The lowest BCUT2D eigenvalue weighted by molar-refractivity contribution is 1.10. The molecule has 40 heavy (non-hydrogen) atoms. The molecule has 1 aliphatic rings. The van der Waals surface area contributed by atoms with Crippen molar-refractivity contribution in [1.29, 1.82) is 0 Å². The van der Waals surface area contributed by atoms with E-state index in [1.165, 1.54) is 38.4 Å². The Labute approximate surface area is 228 Å². The molecule has 0 unspecified atom stereocenters. The number of para-hydroxylation sites is 3. The van der Waals surface area contributed by atoms with Crippen molar-refractivity contribution < 1.29 is 0 Å². The maximum Gasteiger partial charge on any atom is 0.146 e. The summed E-state index contributed by atoms with van der Waals surface area (Å²) < 4.78 is 4.71. The number of benzene rings is 5. The summed E-state index contributed by atoms with van der Waals surface area (Å²) in [6.45, 7) is 0. The first-order valence-corrected chi connectivity index (χ1v) is 13.6. The molecule has 0 bridgehead atoms. The van der Waals surface area contributed by atoms with Gasteiger partial charge in [0.2, 0.25) is 0 Å². The highest BCUT2D eigenvalue weighted by molar-refractivity contribution is 6.22. The minimum atomic E-state index is 0.927. The highest BCUT2D eigenvalue weighted by Crippen LogP contribution is 2.48. The number of hydrogen-bond acceptors (Lipinski definition) is 2. The molecule has 4 aromatic heterocycles. The normalized spacial score (nSPS) is 12.5. The number of fused-ring (bicyclic) bond motifs is 13. The van der Waals surface area contributed by atoms with Gasteiger partial charge < -0.3 is 0 Å². The molecule has 0 amide bonds. The van der Waals surface area contributed by atoms with Gasteiger partial charge in [-0.25, -0.2) is 9.97 Å². The van der Waals surface area contributed by atoms with Gasteiger partial charge in [-0.15, -0.1) is 0 Å². The van der Waals surface area contributed by atoms with Crippen LogP contribution in [0.5, 0.6) is 0 Å². The van der Waals surface area contributed by atoms with Crippen LogP contribution < -0.4 is 0 Å². The van der Waals surface area contributed by atoms with Crippen molar-refractivity contribution in [2.75, 3.05) is 0 Å². The molecule has 0 atom stereocenters. The Balaban J connectivity index is 1.46. The molecule has 0 saturated carbocycles. The molecule has 4 nitrogen and oxygen atoms in total. The Hall–Kier alpha value is -5.48. The quantitative estimate of drug-likeness (QED) is 0.222. The summed E-state index contributed by atoms with van der Waals surface area (Å²) in [5, 5.41) is 4.72. The first kappa shape index (κ1) is 20.5. The highest BCUT2D eigenvalue weighted by atomic mass is 15.1. The molecule has 5 aromatic carbocycles. The van der Waals surface area contributed by atoms with Crippen molar-refractivity contribution >= 4 is 60.3 Å². The SMILES string of the molecule is c1ccc2c(c1)-c1cccc3nc(-n4c5ccccc5c5c4c4ccccc4c4nc6ccccc6n45)cc-2c13. The van der Waals surface area contributed by atoms with E-state index in [0.717, 1.165) is 50.0 Å². The summed E-state index contributed by atoms with van der Waals surface area (Å²) in [4.78, 5) is 10.5. The first-order chi connectivity index (χ1) is 19.9. The molecule has 0 aliphatic heterocycles. The zero-order valence-electron chi connectivity index (χ0n) is 21.3. The van der Waals surface area contributed by atoms with E-state index in [-0.39, 0.29) is 0 Å². The Bertz CT molecular complexity index is 2550. The summed E-state index contributed by atoms with van der Waals surface area (Å²) >= 11 is 0. The van der Waals surface area contributed by atoms with E-state index >= 15 is 0 Å². The zero-order valence-corrected chi connectivity index (χ0v) is 21.3. The second kappa shape index (κ2) is 7.13. The number of imidazole rings is 1. The average molecular weight is 509 g/mol. The lowest BCUT2D eigenvalue weighted by atomic mass is 10.1. The van der Waals surface area contributed by atoms with Crippen LogP contribution in [0.3, 0.4) is 0 Å². The Kier molecular flexibility index (Phi) is 3.65. The van der Waals surface area contributed by atoms with Crippen LogP contribution in [0.25, 0.3) is 88.4 Å². The number of aromatic nitrogens is 4. The summed E-state index contributed by atoms with van der Waals surface area (Å²) in [5.74, 6) is 0.927. The second-order valence-electron chi connectivity index (χ2n) is 10.6. The van der Waals surface area contributed by atoms with Gasteiger partial charge in [0.25, 0.3) is 0 Å². The molecule has 9 aromatic rings. The van der Waals surface area contributed by atoms with Gasteiger partial charge in [-0.1, -0.05) is 91.0 Å². The van der Waals surface area contributed by atoms with Crippen LogP contribution >= 0.6 is 0 Å². The summed E-state index contributed by atoms with van der Waals surface area (Å²) in [6.07, 6.45) is 0. The molecule has 0 N–H and O–H groups in total. The van der Waals surface area contributed by atoms with Gasteiger partial charge in [0.1, 0.15) is 11.5 Å². The molecule has 0 saturated heterocycles. The van der Waals surface area contributed by atoms with Crippen molar-refractivity contribution in [3.05, 3.63) is 121 Å². The van der Waals surface area contributed by atoms with Crippen LogP contribution in [0.4, 0.5) is 0 Å². The molecule has 0 radical (unpaired) electrons. The predicted octanol–water partition coefficient (Wildman–Crippen LogP) is 8.93. The van der Waals surface area contributed by atoms with Gasteiger partial charge in [-0.05, 0) is 52.6 Å². The van der Waals surface area contributed by atoms with E-state index < -0.39 is 0 Å². The van der Waals surface area contributed by atoms with Crippen LogP contribution in [0.1, 0.15) is 0 Å². The Morgan fingerprint density at radius 2 is 1.10 bits per heavy atom. The van der Waals surface area contributed by atoms with Gasteiger partial charge in [0, 0.05) is 21.5 Å². The third kappa shape index (κ3) is 2.38. The maximum atomic E-state index is 5.34. The lowest BCUT2D eigenvalue weighted by Crippen LogP contribution is -2.00. The summed E-state index contributed by atoms with van der Waals surface area (Å²) in [6, 6.07) is 43.2. The van der Waals surface area contributed by atoms with E-state index in [1.54, 1.807) is 0 Å². The monoisotopic (exact) mass is 508 g/mol. The summed E-state index contributed by atoms with van der Waals surface area (Å²) in [7, 11) is 0. The molecule has 4 heteroatoms. The fraction of sp³-hybridized carbons (Fsp3) is 0. The van der Waals surface area contributed by atoms with E-state index in [0.29, 0.717) is 0 Å². The fourth-order valence-corrected chi connectivity index (χ4v) is 7.03. The Morgan fingerprint density at radius 3 is 1.98 bits per heavy atom. The van der Waals surface area contributed by atoms with Crippen molar-refractivity contribution in [3.63, 3.8) is 0 Å². The minimum absolute atomic E-state index is 0.927. The molecule has 4 heterocycles. The van der Waals surface area contributed by atoms with Crippen molar-refractivity contribution in [2.24, 2.45) is 0 Å². The molecule has 0 fully saturated rings. The van der Waals surface area contributed by atoms with E-state index in [4.69, 9.17) is 9.97 Å². The average Bonchev–Trinajstić information content (AvgIpc) is 3.67. The molecule has 184 valence electrons. The smallest absolute Gasteiger partial charge is 0.146 e. The lowest BCUT2D eigenvalue weighted by Gasteiger charge is -2.12. The van der Waals surface area contributed by atoms with E-state index in [2.05, 4.69) is 130 Å². The number of hydrogen-bond donors (Lipinski definition) is 0. The summed E-state index contributed by atoms with van der Waals surface area (Å²) in [5.41, 5.74) is 12.6. The first-order valence-electron chi connectivity index (χ1n) is 13.6. The van der Waals surface area contributed by atoms with Crippen LogP contribution in [-0.4, -0.2) is 18.9 Å². The van der Waals surface area contributed by atoms with Crippen LogP contribution in [0, 0.1) is 0 Å². The largest absolute Gasteiger partial charge is 0.292 e. The molecule has 10 rings (SSSR count). The van der Waals surface area contributed by atoms with Crippen molar-refractivity contribution in [2.45, 2.75) is 0 Å². The number of rotatable bonds is 1. The topological polar surface area (TPSA) is 35.1 Å².